The first-order chi connectivity index (χ1) is 17.5. The summed E-state index contributed by atoms with van der Waals surface area (Å²) in [6.45, 7) is 18.3. The van der Waals surface area contributed by atoms with E-state index in [9.17, 15) is 19.2 Å². The smallest absolute Gasteiger partial charge is 0.333 e. The van der Waals surface area contributed by atoms with Crippen molar-refractivity contribution in [2.75, 3.05) is 26.4 Å². The highest BCUT2D eigenvalue weighted by molar-refractivity contribution is 5.87. The molecular weight excluding hydrogens is 488 g/mol. The van der Waals surface area contributed by atoms with Gasteiger partial charge in [0.15, 0.2) is 0 Å². The second kappa shape index (κ2) is 10.9. The molecule has 0 atom stereocenters. The molecule has 4 saturated carbocycles. The fraction of sp³-hybridized carbons (Fsp3) is 0.733. The predicted molar refractivity (Wildman–Crippen MR) is 141 cm³/mol. The van der Waals surface area contributed by atoms with Crippen LogP contribution in [0.15, 0.2) is 24.3 Å². The third-order valence-corrected chi connectivity index (χ3v) is 8.00. The van der Waals surface area contributed by atoms with Crippen LogP contribution in [0.4, 0.5) is 0 Å². The normalized spacial score (nSPS) is 27.8. The lowest BCUT2D eigenvalue weighted by atomic mass is 9.44. The van der Waals surface area contributed by atoms with Crippen LogP contribution in [0, 0.1) is 33.5 Å². The zero-order chi connectivity index (χ0) is 28.5. The zero-order valence-corrected chi connectivity index (χ0v) is 23.9. The molecule has 4 bridgehead atoms. The van der Waals surface area contributed by atoms with E-state index in [1.165, 1.54) is 0 Å². The van der Waals surface area contributed by atoms with Crippen molar-refractivity contribution in [1.82, 2.24) is 0 Å². The molecule has 0 radical (unpaired) electrons. The molecular formula is C30H44O8. The Morgan fingerprint density at radius 2 is 0.974 bits per heavy atom. The molecule has 4 rings (SSSR count). The molecule has 0 N–H and O–H groups in total. The fourth-order valence-corrected chi connectivity index (χ4v) is 6.42. The van der Waals surface area contributed by atoms with E-state index < -0.39 is 33.6 Å². The largest absolute Gasteiger partial charge is 0.465 e. The molecule has 8 heteroatoms. The molecule has 0 saturated heterocycles. The number of ether oxygens (including phenoxy) is 4. The lowest BCUT2D eigenvalue weighted by Gasteiger charge is -2.59. The topological polar surface area (TPSA) is 105 Å². The molecule has 0 aromatic rings. The van der Waals surface area contributed by atoms with E-state index in [1.54, 1.807) is 13.8 Å². The number of esters is 4. The number of hydrogen-bond donors (Lipinski definition) is 0. The van der Waals surface area contributed by atoms with Crippen molar-refractivity contribution >= 4 is 23.9 Å². The number of carbonyl (C=O) groups is 4. The monoisotopic (exact) mass is 532 g/mol. The second-order valence-corrected chi connectivity index (χ2v) is 13.7. The van der Waals surface area contributed by atoms with Crippen LogP contribution >= 0.6 is 0 Å². The first-order valence-corrected chi connectivity index (χ1v) is 13.5. The van der Waals surface area contributed by atoms with E-state index in [2.05, 4.69) is 13.2 Å². The van der Waals surface area contributed by atoms with Gasteiger partial charge in [-0.15, -0.1) is 0 Å². The van der Waals surface area contributed by atoms with E-state index in [-0.39, 0.29) is 50.2 Å². The lowest BCUT2D eigenvalue weighted by molar-refractivity contribution is -0.197. The highest BCUT2D eigenvalue weighted by Gasteiger charge is 2.64. The van der Waals surface area contributed by atoms with Crippen molar-refractivity contribution in [1.29, 1.82) is 0 Å². The van der Waals surface area contributed by atoms with Gasteiger partial charge in [0.05, 0.1) is 37.3 Å². The molecule has 0 aromatic carbocycles. The summed E-state index contributed by atoms with van der Waals surface area (Å²) in [5.41, 5.74) is -1.86. The van der Waals surface area contributed by atoms with Gasteiger partial charge in [-0.25, -0.2) is 9.59 Å². The summed E-state index contributed by atoms with van der Waals surface area (Å²) in [4.78, 5) is 50.6. The summed E-state index contributed by atoms with van der Waals surface area (Å²) in [5.74, 6) is -0.910. The molecule has 0 heterocycles. The van der Waals surface area contributed by atoms with Crippen LogP contribution in [-0.4, -0.2) is 50.3 Å². The molecule has 0 amide bonds. The van der Waals surface area contributed by atoms with Gasteiger partial charge in [0, 0.05) is 22.0 Å². The highest BCUT2D eigenvalue weighted by Crippen LogP contribution is 2.66. The zero-order valence-electron chi connectivity index (χ0n) is 23.9. The van der Waals surface area contributed by atoms with Crippen LogP contribution in [0.1, 0.15) is 80.1 Å². The first-order valence-electron chi connectivity index (χ1n) is 13.5. The molecule has 212 valence electrons. The Morgan fingerprint density at radius 1 is 0.658 bits per heavy atom. The minimum Gasteiger partial charge on any atom is -0.465 e. The van der Waals surface area contributed by atoms with Crippen molar-refractivity contribution < 1.29 is 38.1 Å². The Hall–Kier alpha value is -2.64. The number of rotatable bonds is 12. The summed E-state index contributed by atoms with van der Waals surface area (Å²) < 4.78 is 22.2. The Kier molecular flexibility index (Phi) is 8.54. The maximum Gasteiger partial charge on any atom is 0.333 e. The Balaban J connectivity index is 1.62. The summed E-state index contributed by atoms with van der Waals surface area (Å²) in [5, 5.41) is 0. The quantitative estimate of drug-likeness (QED) is 0.198. The van der Waals surface area contributed by atoms with Crippen LogP contribution in [0.3, 0.4) is 0 Å². The first kappa shape index (κ1) is 29.9. The van der Waals surface area contributed by atoms with Gasteiger partial charge >= 0.3 is 23.9 Å². The number of carbonyl (C=O) groups excluding carboxylic acids is 4. The Labute approximate surface area is 226 Å². The average molecular weight is 533 g/mol. The SMILES string of the molecule is C=C(C)C(=O)OCC(C)(C)COC(=O)C12CC3CC(C1)CC(C(=O)OCC(C)(C)COC(=O)C(=C)C)(C3)C2. The standard InChI is InChI=1S/C30H44O8/c1-19(2)23(31)35-15-27(5,6)17-37-25(33)29-10-21-9-22(11-29)13-30(12-21,14-29)26(34)38-18-28(7,8)16-36-24(32)20(3)4/h21-22H,1,3,9-18H2,2,4-8H3. The van der Waals surface area contributed by atoms with Gasteiger partial charge in [0.25, 0.3) is 0 Å². The molecule has 4 fully saturated rings. The number of hydrogen-bond acceptors (Lipinski definition) is 8. The summed E-state index contributed by atoms with van der Waals surface area (Å²) in [6, 6.07) is 0. The van der Waals surface area contributed by atoms with Crippen LogP contribution < -0.4 is 0 Å². The molecule has 0 aromatic heterocycles. The van der Waals surface area contributed by atoms with Gasteiger partial charge in [0.2, 0.25) is 0 Å². The molecule has 0 aliphatic heterocycles. The molecule has 0 unspecified atom stereocenters. The van der Waals surface area contributed by atoms with Gasteiger partial charge < -0.3 is 18.9 Å². The van der Waals surface area contributed by atoms with Gasteiger partial charge in [0.1, 0.15) is 0 Å². The lowest BCUT2D eigenvalue weighted by Crippen LogP contribution is -2.58. The van der Waals surface area contributed by atoms with Gasteiger partial charge in [-0.1, -0.05) is 40.9 Å². The third kappa shape index (κ3) is 6.86. The van der Waals surface area contributed by atoms with Crippen LogP contribution in [0.25, 0.3) is 0 Å². The van der Waals surface area contributed by atoms with E-state index in [4.69, 9.17) is 18.9 Å². The van der Waals surface area contributed by atoms with E-state index in [1.807, 2.05) is 27.7 Å². The third-order valence-electron chi connectivity index (χ3n) is 8.00. The van der Waals surface area contributed by atoms with Crippen molar-refractivity contribution in [2.24, 2.45) is 33.5 Å². The molecule has 4 aliphatic rings. The summed E-state index contributed by atoms with van der Waals surface area (Å²) >= 11 is 0. The molecule has 0 spiro atoms. The maximum atomic E-state index is 13.5. The Bertz CT molecular complexity index is 914. The molecule has 38 heavy (non-hydrogen) atoms. The van der Waals surface area contributed by atoms with Gasteiger partial charge in [-0.2, -0.15) is 0 Å². The average Bonchev–Trinajstić information content (AvgIpc) is 2.82. The minimum absolute atomic E-state index is 0.109. The van der Waals surface area contributed by atoms with Gasteiger partial charge in [-0.05, 0) is 64.2 Å². The molecule has 4 aliphatic carbocycles. The fourth-order valence-electron chi connectivity index (χ4n) is 6.42. The van der Waals surface area contributed by atoms with E-state index >= 15 is 0 Å². The second-order valence-electron chi connectivity index (χ2n) is 13.7. The maximum absolute atomic E-state index is 13.5. The minimum atomic E-state index is -0.694. The van der Waals surface area contributed by atoms with Crippen molar-refractivity contribution in [2.45, 2.75) is 80.1 Å². The predicted octanol–water partition coefficient (Wildman–Crippen LogP) is 4.95. The summed E-state index contributed by atoms with van der Waals surface area (Å²) in [7, 11) is 0. The van der Waals surface area contributed by atoms with Crippen LogP contribution in [0.2, 0.25) is 0 Å². The van der Waals surface area contributed by atoms with Crippen molar-refractivity contribution in [3.05, 3.63) is 24.3 Å². The summed E-state index contributed by atoms with van der Waals surface area (Å²) in [6.07, 6.45) is 4.36. The van der Waals surface area contributed by atoms with Crippen molar-refractivity contribution in [3.8, 4) is 0 Å². The Morgan fingerprint density at radius 3 is 1.29 bits per heavy atom. The van der Waals surface area contributed by atoms with E-state index in [0.717, 1.165) is 32.1 Å². The highest BCUT2D eigenvalue weighted by atomic mass is 16.6. The van der Waals surface area contributed by atoms with Gasteiger partial charge in [-0.3, -0.25) is 9.59 Å². The molecule has 8 nitrogen and oxygen atoms in total. The van der Waals surface area contributed by atoms with Crippen LogP contribution in [0.5, 0.6) is 0 Å². The van der Waals surface area contributed by atoms with Crippen LogP contribution in [-0.2, 0) is 38.1 Å². The van der Waals surface area contributed by atoms with E-state index in [0.29, 0.717) is 17.6 Å². The van der Waals surface area contributed by atoms with Crippen molar-refractivity contribution in [3.63, 3.8) is 0 Å².